The molecule has 0 spiro atoms. The number of rotatable bonds is 8. The van der Waals surface area contributed by atoms with Crippen LogP contribution in [0.2, 0.25) is 0 Å². The van der Waals surface area contributed by atoms with Crippen molar-refractivity contribution in [3.63, 3.8) is 0 Å². The molecule has 0 aliphatic carbocycles. The molecule has 2 aromatic rings. The van der Waals surface area contributed by atoms with Gasteiger partial charge in [0.15, 0.2) is 9.35 Å². The van der Waals surface area contributed by atoms with E-state index < -0.39 is 0 Å². The lowest BCUT2D eigenvalue weighted by molar-refractivity contribution is 0.499. The van der Waals surface area contributed by atoms with Gasteiger partial charge < -0.3 is 0 Å². The predicted octanol–water partition coefficient (Wildman–Crippen LogP) is 5.58. The lowest BCUT2D eigenvalue weighted by atomic mass is 10.0. The SMILES string of the molecule is CCCCC(CC)CSc1nnc(-c2cccs2)s1. The molecular weight excluding hydrogens is 292 g/mol. The van der Waals surface area contributed by atoms with E-state index in [0.29, 0.717) is 0 Å². The molecular formula is C14H20N2S3. The zero-order valence-corrected chi connectivity index (χ0v) is 13.9. The molecule has 0 aromatic carbocycles. The van der Waals surface area contributed by atoms with Gasteiger partial charge in [0.05, 0.1) is 4.88 Å². The van der Waals surface area contributed by atoms with E-state index in [1.807, 2.05) is 11.8 Å². The van der Waals surface area contributed by atoms with Gasteiger partial charge >= 0.3 is 0 Å². The number of nitrogens with zero attached hydrogens (tertiary/aromatic N) is 2. The maximum Gasteiger partial charge on any atom is 0.174 e. The van der Waals surface area contributed by atoms with E-state index in [4.69, 9.17) is 0 Å². The quantitative estimate of drug-likeness (QED) is 0.595. The molecule has 0 aliphatic rings. The highest BCUT2D eigenvalue weighted by molar-refractivity contribution is 8.01. The number of thiophene rings is 1. The molecule has 104 valence electrons. The van der Waals surface area contributed by atoms with Gasteiger partial charge in [0, 0.05) is 5.75 Å². The van der Waals surface area contributed by atoms with Crippen molar-refractivity contribution in [2.75, 3.05) is 5.75 Å². The number of thioether (sulfide) groups is 1. The Kier molecular flexibility index (Phi) is 6.34. The van der Waals surface area contributed by atoms with E-state index in [9.17, 15) is 0 Å². The van der Waals surface area contributed by atoms with Crippen LogP contribution < -0.4 is 0 Å². The van der Waals surface area contributed by atoms with Crippen LogP contribution in [0, 0.1) is 5.92 Å². The summed E-state index contributed by atoms with van der Waals surface area (Å²) in [5.41, 5.74) is 0. The average Bonchev–Trinajstić information content (AvgIpc) is 3.09. The van der Waals surface area contributed by atoms with Gasteiger partial charge in [-0.3, -0.25) is 0 Å². The number of aromatic nitrogens is 2. The van der Waals surface area contributed by atoms with Gasteiger partial charge in [0.2, 0.25) is 0 Å². The van der Waals surface area contributed by atoms with E-state index in [0.717, 1.165) is 15.3 Å². The average molecular weight is 313 g/mol. The summed E-state index contributed by atoms with van der Waals surface area (Å²) < 4.78 is 1.11. The predicted molar refractivity (Wildman–Crippen MR) is 87.3 cm³/mol. The first-order valence-corrected chi connectivity index (χ1v) is 9.51. The molecule has 0 radical (unpaired) electrons. The summed E-state index contributed by atoms with van der Waals surface area (Å²) >= 11 is 5.32. The highest BCUT2D eigenvalue weighted by Crippen LogP contribution is 2.33. The van der Waals surface area contributed by atoms with Gasteiger partial charge in [-0.1, -0.05) is 62.3 Å². The maximum atomic E-state index is 4.30. The molecule has 2 heterocycles. The molecule has 1 atom stereocenters. The number of hydrogen-bond donors (Lipinski definition) is 0. The van der Waals surface area contributed by atoms with Crippen molar-refractivity contribution >= 4 is 34.4 Å². The summed E-state index contributed by atoms with van der Waals surface area (Å²) in [6, 6.07) is 4.17. The second-order valence-electron chi connectivity index (χ2n) is 4.58. The van der Waals surface area contributed by atoms with Crippen LogP contribution in [0.15, 0.2) is 21.9 Å². The fourth-order valence-electron chi connectivity index (χ4n) is 1.86. The molecule has 2 rings (SSSR count). The van der Waals surface area contributed by atoms with Crippen molar-refractivity contribution in [2.45, 2.75) is 43.9 Å². The molecule has 0 N–H and O–H groups in total. The second kappa shape index (κ2) is 8.02. The number of unbranched alkanes of at least 4 members (excludes halogenated alkanes) is 1. The van der Waals surface area contributed by atoms with Gasteiger partial charge in [-0.25, -0.2) is 0 Å². The van der Waals surface area contributed by atoms with Crippen LogP contribution in [0.4, 0.5) is 0 Å². The summed E-state index contributed by atoms with van der Waals surface area (Å²) in [4.78, 5) is 1.22. The van der Waals surface area contributed by atoms with Crippen LogP contribution in [-0.2, 0) is 0 Å². The molecule has 2 nitrogen and oxygen atoms in total. The minimum absolute atomic E-state index is 0.819. The van der Waals surface area contributed by atoms with E-state index in [1.54, 1.807) is 22.7 Å². The van der Waals surface area contributed by atoms with Crippen molar-refractivity contribution in [1.82, 2.24) is 10.2 Å². The molecule has 19 heavy (non-hydrogen) atoms. The van der Waals surface area contributed by atoms with Crippen molar-refractivity contribution in [1.29, 1.82) is 0 Å². The van der Waals surface area contributed by atoms with Crippen LogP contribution in [0.5, 0.6) is 0 Å². The zero-order chi connectivity index (χ0) is 13.5. The zero-order valence-electron chi connectivity index (χ0n) is 11.5. The third-order valence-corrected chi connectivity index (χ3v) is 6.45. The van der Waals surface area contributed by atoms with E-state index >= 15 is 0 Å². The van der Waals surface area contributed by atoms with E-state index in [-0.39, 0.29) is 0 Å². The van der Waals surface area contributed by atoms with Crippen LogP contribution >= 0.6 is 34.4 Å². The molecule has 1 unspecified atom stereocenters. The largest absolute Gasteiger partial charge is 0.174 e. The normalized spacial score (nSPS) is 12.7. The number of hydrogen-bond acceptors (Lipinski definition) is 5. The summed E-state index contributed by atoms with van der Waals surface area (Å²) in [6.45, 7) is 4.55. The molecule has 0 saturated heterocycles. The highest BCUT2D eigenvalue weighted by atomic mass is 32.2. The fourth-order valence-corrected chi connectivity index (χ4v) is 4.78. The van der Waals surface area contributed by atoms with Gasteiger partial charge in [-0.2, -0.15) is 0 Å². The maximum absolute atomic E-state index is 4.30. The Hall–Kier alpha value is -0.390. The van der Waals surface area contributed by atoms with Crippen molar-refractivity contribution in [3.8, 4) is 9.88 Å². The van der Waals surface area contributed by atoms with Crippen LogP contribution in [0.1, 0.15) is 39.5 Å². The van der Waals surface area contributed by atoms with Gasteiger partial charge in [0.25, 0.3) is 0 Å². The molecule has 0 fully saturated rings. The molecule has 0 bridgehead atoms. The molecule has 0 amide bonds. The molecule has 2 aromatic heterocycles. The summed E-state index contributed by atoms with van der Waals surface area (Å²) in [5.74, 6) is 1.99. The molecule has 0 saturated carbocycles. The minimum atomic E-state index is 0.819. The standard InChI is InChI=1S/C14H20N2S3/c1-3-5-7-11(4-2)10-18-14-16-15-13(19-14)12-8-6-9-17-12/h6,8-9,11H,3-5,7,10H2,1-2H3. The first-order valence-electron chi connectivity index (χ1n) is 6.83. The van der Waals surface area contributed by atoms with Gasteiger partial charge in [-0.15, -0.1) is 21.5 Å². The van der Waals surface area contributed by atoms with Crippen LogP contribution in [-0.4, -0.2) is 16.0 Å². The van der Waals surface area contributed by atoms with Crippen LogP contribution in [0.3, 0.4) is 0 Å². The summed E-state index contributed by atoms with van der Waals surface area (Å²) in [7, 11) is 0. The third-order valence-electron chi connectivity index (χ3n) is 3.12. The fraction of sp³-hybridized carbons (Fsp3) is 0.571. The summed E-state index contributed by atoms with van der Waals surface area (Å²) in [5, 5.41) is 11.7. The Balaban J connectivity index is 1.86. The highest BCUT2D eigenvalue weighted by Gasteiger charge is 2.11. The molecule has 5 heteroatoms. The Labute approximate surface area is 127 Å². The Bertz CT molecular complexity index is 465. The third kappa shape index (κ3) is 4.58. The minimum Gasteiger partial charge on any atom is -0.141 e. The van der Waals surface area contributed by atoms with E-state index in [1.165, 1.54) is 36.3 Å². The Morgan fingerprint density at radius 2 is 2.21 bits per heavy atom. The molecule has 0 aliphatic heterocycles. The second-order valence-corrected chi connectivity index (χ2v) is 7.77. The van der Waals surface area contributed by atoms with E-state index in [2.05, 4.69) is 41.6 Å². The van der Waals surface area contributed by atoms with Gasteiger partial charge in [0.1, 0.15) is 0 Å². The first-order chi connectivity index (χ1) is 9.33. The lowest BCUT2D eigenvalue weighted by Gasteiger charge is -2.12. The van der Waals surface area contributed by atoms with Crippen molar-refractivity contribution in [3.05, 3.63) is 17.5 Å². The van der Waals surface area contributed by atoms with Crippen LogP contribution in [0.25, 0.3) is 9.88 Å². The van der Waals surface area contributed by atoms with Crippen molar-refractivity contribution < 1.29 is 0 Å². The summed E-state index contributed by atoms with van der Waals surface area (Å²) in [6.07, 6.45) is 5.25. The Morgan fingerprint density at radius 3 is 2.89 bits per heavy atom. The Morgan fingerprint density at radius 1 is 1.32 bits per heavy atom. The topological polar surface area (TPSA) is 25.8 Å². The smallest absolute Gasteiger partial charge is 0.141 e. The van der Waals surface area contributed by atoms with Crippen molar-refractivity contribution in [2.24, 2.45) is 5.92 Å². The lowest BCUT2D eigenvalue weighted by Crippen LogP contribution is -2.01. The monoisotopic (exact) mass is 312 g/mol. The van der Waals surface area contributed by atoms with Gasteiger partial charge in [-0.05, 0) is 23.8 Å². The first kappa shape index (κ1) is 15.0.